The van der Waals surface area contributed by atoms with E-state index in [1.165, 1.54) is 13.8 Å². The molecule has 0 aromatic heterocycles. The summed E-state index contributed by atoms with van der Waals surface area (Å²) in [6.45, 7) is 1.57. The largest absolute Gasteiger partial charge is 0.414 e. The van der Waals surface area contributed by atoms with E-state index in [2.05, 4.69) is 4.74 Å². The van der Waals surface area contributed by atoms with Crippen LogP contribution in [0.15, 0.2) is 12.1 Å². The lowest BCUT2D eigenvalue weighted by atomic mass is 10.1. The molecule has 0 saturated carbocycles. The van der Waals surface area contributed by atoms with Crippen molar-refractivity contribution in [2.45, 2.75) is 44.9 Å². The predicted octanol–water partition coefficient (Wildman–Crippen LogP) is 5.33. The molecule has 0 saturated heterocycles. The summed E-state index contributed by atoms with van der Waals surface area (Å²) in [7, 11) is 0. The first kappa shape index (κ1) is 22.0. The monoisotopic (exact) mass is 393 g/mol. The van der Waals surface area contributed by atoms with Gasteiger partial charge in [-0.05, 0) is 31.9 Å². The molecule has 0 spiro atoms. The second-order valence-electron chi connectivity index (χ2n) is 5.66. The normalized spacial score (nSPS) is 14.1. The van der Waals surface area contributed by atoms with Crippen molar-refractivity contribution in [3.8, 4) is 0 Å². The number of ether oxygens (including phenoxy) is 1. The fourth-order valence-corrected chi connectivity index (χ4v) is 2.15. The van der Waals surface area contributed by atoms with Crippen LogP contribution in [0.25, 0.3) is 0 Å². The van der Waals surface area contributed by atoms with Crippen molar-refractivity contribution in [3.63, 3.8) is 0 Å². The number of anilines is 1. The maximum Gasteiger partial charge on any atom is 0.414 e. The van der Waals surface area contributed by atoms with Crippen molar-refractivity contribution < 1.29 is 44.7 Å². The number of halogens is 8. The van der Waals surface area contributed by atoms with Gasteiger partial charge in [-0.1, -0.05) is 17.7 Å². The average Bonchev–Trinajstić information content (AvgIpc) is 2.50. The van der Waals surface area contributed by atoms with Gasteiger partial charge in [0.05, 0.1) is 0 Å². The summed E-state index contributed by atoms with van der Waals surface area (Å²) in [5.74, 6) is -18.5. The summed E-state index contributed by atoms with van der Waals surface area (Å²) < 4.78 is 107. The summed E-state index contributed by atoms with van der Waals surface area (Å²) in [6.07, 6.45) is -6.35. The number of alkyl halides is 8. The quantitative estimate of drug-likeness (QED) is 0.664. The molecule has 1 N–H and O–H groups in total. The maximum atomic E-state index is 13.4. The molecule has 0 radical (unpaired) electrons. The molecule has 26 heavy (non-hydrogen) atoms. The van der Waals surface area contributed by atoms with Crippen LogP contribution < -0.4 is 5.32 Å². The Balaban J connectivity index is 2.96. The van der Waals surface area contributed by atoms with Crippen LogP contribution in [0.4, 0.5) is 45.6 Å². The maximum absolute atomic E-state index is 13.4. The van der Waals surface area contributed by atoms with Gasteiger partial charge in [-0.3, -0.25) is 5.32 Å². The Kier molecular flexibility index (Phi) is 6.15. The van der Waals surface area contributed by atoms with Crippen LogP contribution >= 0.6 is 0 Å². The van der Waals surface area contributed by atoms with Crippen molar-refractivity contribution in [2.24, 2.45) is 0 Å². The Hall–Kier alpha value is -2.07. The number of rotatable bonds is 6. The lowest BCUT2D eigenvalue weighted by Gasteiger charge is -2.32. The van der Waals surface area contributed by atoms with Crippen molar-refractivity contribution in [1.82, 2.24) is 0 Å². The van der Waals surface area contributed by atoms with E-state index in [1.54, 1.807) is 19.1 Å². The zero-order valence-electron chi connectivity index (χ0n) is 13.8. The van der Waals surface area contributed by atoms with E-state index in [0.717, 1.165) is 5.56 Å². The van der Waals surface area contributed by atoms with Crippen molar-refractivity contribution in [1.29, 1.82) is 0 Å². The van der Waals surface area contributed by atoms with Crippen LogP contribution in [0.2, 0.25) is 0 Å². The summed E-state index contributed by atoms with van der Waals surface area (Å²) in [5, 5.41) is 1.87. The van der Waals surface area contributed by atoms with Crippen molar-refractivity contribution in [3.05, 3.63) is 28.8 Å². The van der Waals surface area contributed by atoms with Gasteiger partial charge < -0.3 is 4.74 Å². The third-order valence-corrected chi connectivity index (χ3v) is 3.45. The number of benzene rings is 1. The topological polar surface area (TPSA) is 38.3 Å². The van der Waals surface area contributed by atoms with Gasteiger partial charge in [0, 0.05) is 5.69 Å². The molecule has 0 aliphatic carbocycles. The van der Waals surface area contributed by atoms with Gasteiger partial charge in [-0.15, -0.1) is 0 Å². The highest BCUT2D eigenvalue weighted by Gasteiger charge is 2.76. The second-order valence-corrected chi connectivity index (χ2v) is 5.66. The van der Waals surface area contributed by atoms with E-state index in [-0.39, 0.29) is 5.69 Å². The number of amides is 1. The molecule has 1 amide bonds. The highest BCUT2D eigenvalue weighted by atomic mass is 19.4. The van der Waals surface area contributed by atoms with Crippen LogP contribution in [-0.2, 0) is 4.74 Å². The molecule has 1 atom stereocenters. The Morgan fingerprint density at radius 1 is 1.08 bits per heavy atom. The lowest BCUT2D eigenvalue weighted by molar-refractivity contribution is -0.348. The molecule has 1 unspecified atom stereocenters. The molecule has 0 bridgehead atoms. The molecule has 0 aliphatic rings. The van der Waals surface area contributed by atoms with E-state index in [4.69, 9.17) is 0 Å². The number of nitrogens with one attached hydrogen (secondary N) is 1. The van der Waals surface area contributed by atoms with E-state index >= 15 is 0 Å². The van der Waals surface area contributed by atoms with E-state index in [1.807, 2.05) is 5.32 Å². The van der Waals surface area contributed by atoms with Crippen molar-refractivity contribution in [2.75, 3.05) is 12.0 Å². The minimum atomic E-state index is -6.43. The molecule has 3 nitrogen and oxygen atoms in total. The van der Waals surface area contributed by atoms with E-state index in [9.17, 15) is 39.9 Å². The third kappa shape index (κ3) is 4.01. The number of hydrogen-bond donors (Lipinski definition) is 1. The van der Waals surface area contributed by atoms with Gasteiger partial charge in [0.1, 0.15) is 0 Å². The van der Waals surface area contributed by atoms with Gasteiger partial charge in [0.2, 0.25) is 0 Å². The first-order valence-electron chi connectivity index (χ1n) is 7.06. The van der Waals surface area contributed by atoms with Gasteiger partial charge >= 0.3 is 30.2 Å². The minimum absolute atomic E-state index is 0.0389. The van der Waals surface area contributed by atoms with Gasteiger partial charge in [-0.25, -0.2) is 9.18 Å². The van der Waals surface area contributed by atoms with Crippen LogP contribution in [0.1, 0.15) is 16.7 Å². The number of aryl methyl sites for hydroxylation is 3. The Morgan fingerprint density at radius 3 is 1.96 bits per heavy atom. The smallest absolute Gasteiger partial charge is 0.408 e. The highest BCUT2D eigenvalue weighted by molar-refractivity contribution is 5.87. The summed E-state index contributed by atoms with van der Waals surface area (Å²) >= 11 is 0. The predicted molar refractivity (Wildman–Crippen MR) is 76.5 cm³/mol. The molecular formula is C15H15F8NO2. The third-order valence-electron chi connectivity index (χ3n) is 3.45. The summed E-state index contributed by atoms with van der Waals surface area (Å²) in [4.78, 5) is 11.5. The van der Waals surface area contributed by atoms with Crippen LogP contribution in [0.5, 0.6) is 0 Å². The summed E-state index contributed by atoms with van der Waals surface area (Å²) in [6, 6.07) is 3.14. The standard InChI is InChI=1S/C15H15F8NO2/c1-7-4-8(2)10(9(3)5-7)24-12(25)26-11(17)14(20,21)15(22,23)13(18,19)6-16/h4-5,11H,6H2,1-3H3,(H,24,25). The molecular weight excluding hydrogens is 378 g/mol. The highest BCUT2D eigenvalue weighted by Crippen LogP contribution is 2.48. The Labute approximate surface area is 143 Å². The number of carbonyl (C=O) groups is 1. The van der Waals surface area contributed by atoms with E-state index < -0.39 is 36.9 Å². The summed E-state index contributed by atoms with van der Waals surface area (Å²) in [5.41, 5.74) is 1.67. The van der Waals surface area contributed by atoms with Gasteiger partial charge in [0.15, 0.2) is 6.67 Å². The lowest BCUT2D eigenvalue weighted by Crippen LogP contribution is -2.60. The van der Waals surface area contributed by atoms with Crippen LogP contribution in [-0.4, -0.2) is 36.9 Å². The van der Waals surface area contributed by atoms with E-state index in [0.29, 0.717) is 11.1 Å². The number of carbonyl (C=O) groups excluding carboxylic acids is 1. The zero-order chi connectivity index (χ0) is 20.5. The average molecular weight is 393 g/mol. The number of hydrogen-bond acceptors (Lipinski definition) is 2. The molecule has 1 aromatic rings. The minimum Gasteiger partial charge on any atom is -0.408 e. The SMILES string of the molecule is Cc1cc(C)c(NC(=O)OC(F)C(F)(F)C(F)(F)C(F)(F)CF)c(C)c1. The molecule has 0 heterocycles. The molecule has 148 valence electrons. The van der Waals surface area contributed by atoms with Gasteiger partial charge in [-0.2, -0.15) is 30.7 Å². The molecule has 11 heteroatoms. The van der Waals surface area contributed by atoms with Gasteiger partial charge in [0.25, 0.3) is 0 Å². The van der Waals surface area contributed by atoms with Crippen LogP contribution in [0.3, 0.4) is 0 Å². The Bertz CT molecular complexity index is 655. The molecule has 1 aromatic carbocycles. The molecule has 1 rings (SSSR count). The fourth-order valence-electron chi connectivity index (χ4n) is 2.15. The first-order valence-corrected chi connectivity index (χ1v) is 7.06. The fraction of sp³-hybridized carbons (Fsp3) is 0.533. The first-order chi connectivity index (χ1) is 11.7. The molecule has 0 aliphatic heterocycles. The van der Waals surface area contributed by atoms with Crippen molar-refractivity contribution >= 4 is 11.8 Å². The molecule has 0 fully saturated rings. The second kappa shape index (κ2) is 7.28. The Morgan fingerprint density at radius 2 is 1.54 bits per heavy atom. The zero-order valence-corrected chi connectivity index (χ0v) is 13.8. The van der Waals surface area contributed by atoms with Crippen LogP contribution in [0, 0.1) is 20.8 Å².